The second-order valence-corrected chi connectivity index (χ2v) is 16.8. The minimum atomic E-state index is 1.10. The van der Waals surface area contributed by atoms with Gasteiger partial charge in [0.25, 0.3) is 0 Å². The monoisotopic (exact) mass is 794 g/mol. The molecular weight excluding hydrogens is 757 g/mol. The Labute approximate surface area is 358 Å². The van der Waals surface area contributed by atoms with Gasteiger partial charge in [0.2, 0.25) is 0 Å². The van der Waals surface area contributed by atoms with Crippen molar-refractivity contribution >= 4 is 81.1 Å². The Morgan fingerprint density at radius 3 is 1.74 bits per heavy atom. The molecule has 0 saturated carbocycles. The Balaban J connectivity index is 0.971. The first-order valence-electron chi connectivity index (χ1n) is 20.8. The predicted octanol–water partition coefficient (Wildman–Crippen LogP) is 16.8. The molecule has 0 unspecified atom stereocenters. The van der Waals surface area contributed by atoms with Crippen LogP contribution in [-0.2, 0) is 0 Å². The second-order valence-electron chi connectivity index (χ2n) is 15.7. The molecule has 0 aliphatic heterocycles. The first kappa shape index (κ1) is 35.2. The van der Waals surface area contributed by atoms with Crippen molar-refractivity contribution in [3.05, 3.63) is 231 Å². The van der Waals surface area contributed by atoms with Crippen LogP contribution in [-0.4, -0.2) is 4.57 Å². The second kappa shape index (κ2) is 14.5. The van der Waals surface area contributed by atoms with Crippen molar-refractivity contribution < 1.29 is 0 Å². The molecule has 0 amide bonds. The summed E-state index contributed by atoms with van der Waals surface area (Å²) >= 11 is 1.86. The van der Waals surface area contributed by atoms with E-state index in [4.69, 9.17) is 0 Å². The lowest BCUT2D eigenvalue weighted by Gasteiger charge is -2.26. The maximum absolute atomic E-state index is 2.44. The van der Waals surface area contributed by atoms with Crippen molar-refractivity contribution in [2.45, 2.75) is 0 Å². The van der Waals surface area contributed by atoms with E-state index < -0.39 is 0 Å². The summed E-state index contributed by atoms with van der Waals surface area (Å²) in [6.45, 7) is 0. The maximum atomic E-state index is 2.44. The fraction of sp³-hybridized carbons (Fsp3) is 0. The van der Waals surface area contributed by atoms with Gasteiger partial charge in [-0.25, -0.2) is 0 Å². The third kappa shape index (κ3) is 6.01. The zero-order valence-electron chi connectivity index (χ0n) is 33.2. The van der Waals surface area contributed by atoms with Crippen LogP contribution in [0, 0.1) is 0 Å². The molecule has 0 N–H and O–H groups in total. The predicted molar refractivity (Wildman–Crippen MR) is 262 cm³/mol. The Kier molecular flexibility index (Phi) is 8.39. The molecule has 12 rings (SSSR count). The number of hydrogen-bond donors (Lipinski definition) is 0. The van der Waals surface area contributed by atoms with Gasteiger partial charge in [-0.3, -0.25) is 0 Å². The molecule has 0 radical (unpaired) electrons. The number of fused-ring (bicyclic) bond motifs is 8. The molecule has 3 heteroatoms. The smallest absolute Gasteiger partial charge is 0.0619 e. The molecule has 0 atom stereocenters. The highest BCUT2D eigenvalue weighted by molar-refractivity contribution is 7.25. The minimum absolute atomic E-state index is 1.10. The van der Waals surface area contributed by atoms with Crippen LogP contribution in [0.4, 0.5) is 17.1 Å². The van der Waals surface area contributed by atoms with Crippen LogP contribution in [0.1, 0.15) is 0 Å². The first-order valence-corrected chi connectivity index (χ1v) is 21.6. The highest BCUT2D eigenvalue weighted by Crippen LogP contribution is 2.43. The standard InChI is InChI=1S/C58H38N2S/c1-3-13-39(14-4-1)43-16-11-19-48(37-43)59(47-33-27-42(28-34-47)49-22-12-24-56-57(49)53-21-9-10-23-55(53)61-56)46-31-25-40(26-32-46)44-30-35-51-52-36-29-41-15-7-8-20-50(41)58(52)60(54(51)38-44)45-17-5-2-6-18-45/h1-38H. The average molecular weight is 795 g/mol. The third-order valence-electron chi connectivity index (χ3n) is 12.2. The Bertz CT molecular complexity index is 3560. The normalized spacial score (nSPS) is 11.6. The van der Waals surface area contributed by atoms with Crippen molar-refractivity contribution in [1.29, 1.82) is 0 Å². The Morgan fingerprint density at radius 2 is 0.934 bits per heavy atom. The number of hydrogen-bond acceptors (Lipinski definition) is 2. The van der Waals surface area contributed by atoms with E-state index in [1.807, 2.05) is 11.3 Å². The van der Waals surface area contributed by atoms with Crippen molar-refractivity contribution in [2.75, 3.05) is 4.90 Å². The van der Waals surface area contributed by atoms with Gasteiger partial charge in [0.1, 0.15) is 0 Å². The molecule has 61 heavy (non-hydrogen) atoms. The number of anilines is 3. The SMILES string of the molecule is c1ccc(-c2cccc(N(c3ccc(-c4ccc5c6ccc7ccccc7c6n(-c6ccccc6)c5c4)cc3)c3ccc(-c4cccc5sc6ccccc6c45)cc3)c2)cc1. The lowest BCUT2D eigenvalue weighted by molar-refractivity contribution is 1.19. The van der Waals surface area contributed by atoms with Crippen LogP contribution in [0.25, 0.3) is 91.8 Å². The number of benzene rings is 10. The van der Waals surface area contributed by atoms with E-state index in [1.54, 1.807) is 0 Å². The molecule has 10 aromatic carbocycles. The van der Waals surface area contributed by atoms with E-state index in [0.29, 0.717) is 0 Å². The lowest BCUT2D eigenvalue weighted by Crippen LogP contribution is -2.10. The summed E-state index contributed by atoms with van der Waals surface area (Å²) in [5.41, 5.74) is 14.1. The summed E-state index contributed by atoms with van der Waals surface area (Å²) in [6, 6.07) is 84.1. The van der Waals surface area contributed by atoms with Crippen LogP contribution in [0.3, 0.4) is 0 Å². The Hall–Kier alpha value is -7.72. The molecular formula is C58H38N2S. The van der Waals surface area contributed by atoms with Gasteiger partial charge in [-0.15, -0.1) is 11.3 Å². The average Bonchev–Trinajstić information content (AvgIpc) is 3.89. The van der Waals surface area contributed by atoms with E-state index >= 15 is 0 Å². The maximum Gasteiger partial charge on any atom is 0.0619 e. The van der Waals surface area contributed by atoms with Crippen LogP contribution in [0.15, 0.2) is 231 Å². The summed E-state index contributed by atoms with van der Waals surface area (Å²) in [4.78, 5) is 2.38. The van der Waals surface area contributed by atoms with Crippen molar-refractivity contribution in [3.8, 4) is 39.1 Å². The number of para-hydroxylation sites is 1. The van der Waals surface area contributed by atoms with Gasteiger partial charge < -0.3 is 9.47 Å². The number of rotatable bonds is 7. The Morgan fingerprint density at radius 1 is 0.344 bits per heavy atom. The van der Waals surface area contributed by atoms with E-state index in [1.165, 1.54) is 86.1 Å². The van der Waals surface area contributed by atoms with E-state index in [0.717, 1.165) is 22.7 Å². The molecule has 286 valence electrons. The molecule has 2 heterocycles. The van der Waals surface area contributed by atoms with E-state index in [-0.39, 0.29) is 0 Å². The van der Waals surface area contributed by atoms with E-state index in [2.05, 4.69) is 240 Å². The first-order chi connectivity index (χ1) is 30.2. The summed E-state index contributed by atoms with van der Waals surface area (Å²) < 4.78 is 5.08. The number of nitrogens with zero attached hydrogens (tertiary/aromatic N) is 2. The summed E-state index contributed by atoms with van der Waals surface area (Å²) in [5, 5.41) is 7.66. The van der Waals surface area contributed by atoms with Gasteiger partial charge in [0, 0.05) is 59.1 Å². The molecule has 0 fully saturated rings. The molecule has 2 nitrogen and oxygen atoms in total. The molecule has 0 aliphatic rings. The topological polar surface area (TPSA) is 8.17 Å². The van der Waals surface area contributed by atoms with Gasteiger partial charge in [-0.1, -0.05) is 164 Å². The zero-order valence-corrected chi connectivity index (χ0v) is 34.1. The number of aromatic nitrogens is 1. The van der Waals surface area contributed by atoms with Gasteiger partial charge in [-0.05, 0) is 105 Å². The van der Waals surface area contributed by atoms with Crippen molar-refractivity contribution in [1.82, 2.24) is 4.57 Å². The third-order valence-corrected chi connectivity index (χ3v) is 13.3. The largest absolute Gasteiger partial charge is 0.310 e. The minimum Gasteiger partial charge on any atom is -0.310 e. The molecule has 2 aromatic heterocycles. The molecule has 0 saturated heterocycles. The summed E-state index contributed by atoms with van der Waals surface area (Å²) in [7, 11) is 0. The van der Waals surface area contributed by atoms with E-state index in [9.17, 15) is 0 Å². The molecule has 0 bridgehead atoms. The van der Waals surface area contributed by atoms with Gasteiger partial charge in [0.15, 0.2) is 0 Å². The van der Waals surface area contributed by atoms with Crippen molar-refractivity contribution in [2.24, 2.45) is 0 Å². The van der Waals surface area contributed by atoms with Gasteiger partial charge >= 0.3 is 0 Å². The zero-order chi connectivity index (χ0) is 40.3. The van der Waals surface area contributed by atoms with Crippen LogP contribution in [0.2, 0.25) is 0 Å². The fourth-order valence-corrected chi connectivity index (χ4v) is 10.4. The quantitative estimate of drug-likeness (QED) is 0.156. The summed E-state index contributed by atoms with van der Waals surface area (Å²) in [5.74, 6) is 0. The van der Waals surface area contributed by atoms with Crippen LogP contribution in [0.5, 0.6) is 0 Å². The fourth-order valence-electron chi connectivity index (χ4n) is 9.31. The molecule has 0 aliphatic carbocycles. The van der Waals surface area contributed by atoms with Crippen molar-refractivity contribution in [3.63, 3.8) is 0 Å². The molecule has 0 spiro atoms. The highest BCUT2D eigenvalue weighted by atomic mass is 32.1. The highest BCUT2D eigenvalue weighted by Gasteiger charge is 2.18. The van der Waals surface area contributed by atoms with Gasteiger partial charge in [-0.2, -0.15) is 0 Å². The molecule has 12 aromatic rings. The van der Waals surface area contributed by atoms with Crippen LogP contribution < -0.4 is 4.90 Å². The van der Waals surface area contributed by atoms with Gasteiger partial charge in [0.05, 0.1) is 11.0 Å². The number of thiophene rings is 1. The van der Waals surface area contributed by atoms with Crippen LogP contribution >= 0.6 is 11.3 Å². The summed E-state index contributed by atoms with van der Waals surface area (Å²) in [6.07, 6.45) is 0. The lowest BCUT2D eigenvalue weighted by atomic mass is 9.99.